The van der Waals surface area contributed by atoms with Gasteiger partial charge in [-0.3, -0.25) is 4.79 Å². The van der Waals surface area contributed by atoms with Crippen LogP contribution < -0.4 is 0 Å². The predicted octanol–water partition coefficient (Wildman–Crippen LogP) is 3.45. The number of benzene rings is 1. The monoisotopic (exact) mass is 308 g/mol. The van der Waals surface area contributed by atoms with Crippen LogP contribution in [0.2, 0.25) is 0 Å². The van der Waals surface area contributed by atoms with Crippen molar-refractivity contribution >= 4 is 5.91 Å². The zero-order chi connectivity index (χ0) is 16.0. The molecule has 1 saturated heterocycles. The Bertz CT molecular complexity index is 751. The Morgan fingerprint density at radius 1 is 1.09 bits per heavy atom. The lowest BCUT2D eigenvalue weighted by Crippen LogP contribution is -2.44. The van der Waals surface area contributed by atoms with Gasteiger partial charge in [0.1, 0.15) is 0 Å². The van der Waals surface area contributed by atoms with Gasteiger partial charge in [0.2, 0.25) is 0 Å². The molecule has 1 aromatic carbocycles. The number of aryl methyl sites for hydroxylation is 2. The van der Waals surface area contributed by atoms with Crippen LogP contribution in [-0.4, -0.2) is 28.5 Å². The van der Waals surface area contributed by atoms with Crippen molar-refractivity contribution in [3.05, 3.63) is 58.9 Å². The molecule has 2 aromatic rings. The van der Waals surface area contributed by atoms with Crippen LogP contribution in [0.25, 0.3) is 0 Å². The van der Waals surface area contributed by atoms with Crippen LogP contribution in [0.3, 0.4) is 0 Å². The summed E-state index contributed by atoms with van der Waals surface area (Å²) in [6, 6.07) is 10.8. The molecule has 0 N–H and O–H groups in total. The maximum atomic E-state index is 12.8. The van der Waals surface area contributed by atoms with Crippen molar-refractivity contribution in [2.24, 2.45) is 7.05 Å². The van der Waals surface area contributed by atoms with Gasteiger partial charge >= 0.3 is 0 Å². The molecule has 0 unspecified atom stereocenters. The van der Waals surface area contributed by atoms with Gasteiger partial charge in [0.15, 0.2) is 0 Å². The number of carbonyl (C=O) groups is 1. The van der Waals surface area contributed by atoms with Gasteiger partial charge in [0.25, 0.3) is 5.91 Å². The highest BCUT2D eigenvalue weighted by atomic mass is 16.2. The van der Waals surface area contributed by atoms with Crippen molar-refractivity contribution in [2.75, 3.05) is 13.1 Å². The van der Waals surface area contributed by atoms with E-state index in [0.29, 0.717) is 5.41 Å². The summed E-state index contributed by atoms with van der Waals surface area (Å²) >= 11 is 0. The molecule has 1 spiro atoms. The second kappa shape index (κ2) is 5.26. The molecule has 3 heteroatoms. The lowest BCUT2D eigenvalue weighted by molar-refractivity contribution is 0.0665. The van der Waals surface area contributed by atoms with Crippen molar-refractivity contribution in [3.8, 4) is 0 Å². The number of fused-ring (bicyclic) bond motifs is 2. The van der Waals surface area contributed by atoms with Crippen molar-refractivity contribution in [3.63, 3.8) is 0 Å². The molecule has 0 radical (unpaired) electrons. The van der Waals surface area contributed by atoms with Gasteiger partial charge in [-0.2, -0.15) is 0 Å². The van der Waals surface area contributed by atoms with Crippen molar-refractivity contribution in [2.45, 2.75) is 38.0 Å². The third kappa shape index (κ3) is 2.21. The van der Waals surface area contributed by atoms with Crippen LogP contribution in [0.1, 0.15) is 46.4 Å². The van der Waals surface area contributed by atoms with Gasteiger partial charge in [-0.15, -0.1) is 0 Å². The molecule has 4 rings (SSSR count). The minimum atomic E-state index is 0.198. The fraction of sp³-hybridized carbons (Fsp3) is 0.450. The average Bonchev–Trinajstić information content (AvgIpc) is 3.10. The molecule has 2 heterocycles. The van der Waals surface area contributed by atoms with Crippen LogP contribution in [0, 0.1) is 6.92 Å². The first kappa shape index (κ1) is 14.6. The molecular formula is C20H24N2O. The summed E-state index contributed by atoms with van der Waals surface area (Å²) in [5.41, 5.74) is 5.30. The number of carbonyl (C=O) groups excluding carboxylic acids is 1. The van der Waals surface area contributed by atoms with E-state index in [1.54, 1.807) is 5.56 Å². The molecule has 1 aliphatic carbocycles. The van der Waals surface area contributed by atoms with Gasteiger partial charge in [0, 0.05) is 32.0 Å². The summed E-state index contributed by atoms with van der Waals surface area (Å²) in [5.74, 6) is 0.198. The fourth-order valence-electron chi connectivity index (χ4n) is 4.43. The first-order valence-electron chi connectivity index (χ1n) is 8.60. The average molecular weight is 308 g/mol. The molecule has 120 valence electrons. The first-order chi connectivity index (χ1) is 11.1. The summed E-state index contributed by atoms with van der Waals surface area (Å²) in [4.78, 5) is 14.8. The van der Waals surface area contributed by atoms with Gasteiger partial charge in [-0.25, -0.2) is 0 Å². The molecule has 1 amide bonds. The molecule has 23 heavy (non-hydrogen) atoms. The Morgan fingerprint density at radius 3 is 2.52 bits per heavy atom. The topological polar surface area (TPSA) is 25.2 Å². The number of piperidine rings is 1. The van der Waals surface area contributed by atoms with E-state index in [1.165, 1.54) is 18.4 Å². The second-order valence-corrected chi connectivity index (χ2v) is 7.16. The molecule has 1 aliphatic heterocycles. The Hall–Kier alpha value is -2.03. The number of rotatable bonds is 1. The minimum absolute atomic E-state index is 0.198. The Balaban J connectivity index is 1.52. The fourth-order valence-corrected chi connectivity index (χ4v) is 4.43. The molecule has 2 aliphatic rings. The number of nitrogens with zero attached hydrogens (tertiary/aromatic N) is 2. The van der Waals surface area contributed by atoms with Crippen molar-refractivity contribution in [1.29, 1.82) is 0 Å². The highest BCUT2D eigenvalue weighted by molar-refractivity contribution is 5.95. The highest BCUT2D eigenvalue weighted by Gasteiger charge is 2.41. The van der Waals surface area contributed by atoms with Crippen LogP contribution in [-0.2, 0) is 18.9 Å². The molecular weight excluding hydrogens is 284 g/mol. The van der Waals surface area contributed by atoms with E-state index in [0.717, 1.165) is 37.2 Å². The Labute approximate surface area is 137 Å². The van der Waals surface area contributed by atoms with Crippen LogP contribution in [0.15, 0.2) is 36.5 Å². The maximum Gasteiger partial charge on any atom is 0.255 e. The first-order valence-corrected chi connectivity index (χ1v) is 8.60. The third-order valence-electron chi connectivity index (χ3n) is 6.08. The van der Waals surface area contributed by atoms with Gasteiger partial charge < -0.3 is 9.47 Å². The largest absolute Gasteiger partial charge is 0.354 e. The number of hydrogen-bond acceptors (Lipinski definition) is 1. The number of likely N-dealkylation sites (tertiary alicyclic amines) is 1. The number of hydrogen-bond donors (Lipinski definition) is 0. The molecule has 0 saturated carbocycles. The zero-order valence-corrected chi connectivity index (χ0v) is 14.0. The second-order valence-electron chi connectivity index (χ2n) is 7.16. The van der Waals surface area contributed by atoms with Crippen LogP contribution in [0.5, 0.6) is 0 Å². The smallest absolute Gasteiger partial charge is 0.255 e. The van der Waals surface area contributed by atoms with E-state index in [-0.39, 0.29) is 5.91 Å². The standard InChI is InChI=1S/C20H24N2O/c1-15-17(8-12-21(15)2)19(23)22-13-10-20(11-14-22)9-7-16-5-3-4-6-18(16)20/h3-6,8,12H,7,9-11,13-14H2,1-2H3. The minimum Gasteiger partial charge on any atom is -0.354 e. The SMILES string of the molecule is Cc1c(C(=O)N2CCC3(CCc4ccccc43)CC2)ccn1C. The third-order valence-corrected chi connectivity index (χ3v) is 6.08. The van der Waals surface area contributed by atoms with E-state index in [4.69, 9.17) is 0 Å². The van der Waals surface area contributed by atoms with E-state index in [1.807, 2.05) is 30.8 Å². The van der Waals surface area contributed by atoms with E-state index >= 15 is 0 Å². The van der Waals surface area contributed by atoms with Crippen molar-refractivity contribution in [1.82, 2.24) is 9.47 Å². The van der Waals surface area contributed by atoms with Gasteiger partial charge in [-0.1, -0.05) is 24.3 Å². The molecule has 0 atom stereocenters. The quantitative estimate of drug-likeness (QED) is 0.792. The predicted molar refractivity (Wildman–Crippen MR) is 91.7 cm³/mol. The lowest BCUT2D eigenvalue weighted by Gasteiger charge is -2.40. The molecule has 3 nitrogen and oxygen atoms in total. The number of amides is 1. The molecule has 1 fully saturated rings. The van der Waals surface area contributed by atoms with Gasteiger partial charge in [0.05, 0.1) is 5.56 Å². The lowest BCUT2D eigenvalue weighted by atomic mass is 9.74. The summed E-state index contributed by atoms with van der Waals surface area (Å²) < 4.78 is 2.02. The highest BCUT2D eigenvalue weighted by Crippen LogP contribution is 2.46. The van der Waals surface area contributed by atoms with Crippen molar-refractivity contribution < 1.29 is 4.79 Å². The number of aromatic nitrogens is 1. The zero-order valence-electron chi connectivity index (χ0n) is 14.0. The summed E-state index contributed by atoms with van der Waals surface area (Å²) in [6.07, 6.45) is 6.62. The Kier molecular flexibility index (Phi) is 3.33. The molecule has 1 aromatic heterocycles. The Morgan fingerprint density at radius 2 is 1.83 bits per heavy atom. The van der Waals surface area contributed by atoms with Crippen LogP contribution >= 0.6 is 0 Å². The van der Waals surface area contributed by atoms with E-state index in [2.05, 4.69) is 29.2 Å². The summed E-state index contributed by atoms with van der Waals surface area (Å²) in [7, 11) is 1.99. The maximum absolute atomic E-state index is 12.8. The summed E-state index contributed by atoms with van der Waals surface area (Å²) in [6.45, 7) is 3.77. The van der Waals surface area contributed by atoms with E-state index in [9.17, 15) is 4.79 Å². The molecule has 0 bridgehead atoms. The summed E-state index contributed by atoms with van der Waals surface area (Å²) in [5, 5.41) is 0. The van der Waals surface area contributed by atoms with E-state index < -0.39 is 0 Å². The van der Waals surface area contributed by atoms with Gasteiger partial charge in [-0.05, 0) is 55.2 Å². The van der Waals surface area contributed by atoms with Crippen LogP contribution in [0.4, 0.5) is 0 Å². The normalized spacial score (nSPS) is 19.1.